The van der Waals surface area contributed by atoms with Crippen molar-refractivity contribution in [3.05, 3.63) is 93.9 Å². The van der Waals surface area contributed by atoms with Gasteiger partial charge in [-0.05, 0) is 60.9 Å². The second-order valence-electron chi connectivity index (χ2n) is 11.7. The number of hydrogen-bond acceptors (Lipinski definition) is 9. The van der Waals surface area contributed by atoms with Gasteiger partial charge in [0, 0.05) is 60.2 Å². The van der Waals surface area contributed by atoms with Crippen LogP contribution < -0.4 is 44.8 Å². The summed E-state index contributed by atoms with van der Waals surface area (Å²) in [5.74, 6) is 1.62. The van der Waals surface area contributed by atoms with Gasteiger partial charge in [0.1, 0.15) is 0 Å². The molecule has 12 heteroatoms. The lowest BCUT2D eigenvalue weighted by atomic mass is 9.83. The molecule has 2 aliphatic rings. The van der Waals surface area contributed by atoms with E-state index in [1.807, 2.05) is 22.8 Å². The summed E-state index contributed by atoms with van der Waals surface area (Å²) in [6.07, 6.45) is 0.971. The Morgan fingerprint density at radius 1 is 0.688 bits per heavy atom. The molecule has 0 saturated carbocycles. The lowest BCUT2D eigenvalue weighted by Gasteiger charge is -2.44. The number of hydrogen-bond donors (Lipinski definition) is 2. The monoisotopic (exact) mass is 654 g/mol. The fourth-order valence-electron chi connectivity index (χ4n) is 6.67. The number of ether oxygens (including phenoxy) is 5. The van der Waals surface area contributed by atoms with Crippen molar-refractivity contribution in [3.8, 4) is 28.7 Å². The SMILES string of the molecule is COc1ccc(NC(=O)c2ccc(N3C[C@@H]4C[C@@H](C3)c3cccc(=O)n3C4)c(NC(=O)c3cc(OC)c(OC)c(OC)c3)c2)cc1OC. The largest absolute Gasteiger partial charge is 0.493 e. The van der Waals surface area contributed by atoms with E-state index in [9.17, 15) is 14.4 Å². The Morgan fingerprint density at radius 2 is 1.40 bits per heavy atom. The molecule has 2 aliphatic heterocycles. The van der Waals surface area contributed by atoms with Crippen molar-refractivity contribution >= 4 is 28.9 Å². The van der Waals surface area contributed by atoms with Crippen LogP contribution in [0.15, 0.2) is 71.5 Å². The summed E-state index contributed by atoms with van der Waals surface area (Å²) in [7, 11) is 7.53. The molecule has 1 aromatic heterocycles. The zero-order valence-corrected chi connectivity index (χ0v) is 27.5. The van der Waals surface area contributed by atoms with E-state index in [1.165, 1.54) is 28.4 Å². The van der Waals surface area contributed by atoms with Gasteiger partial charge in [-0.1, -0.05) is 6.07 Å². The van der Waals surface area contributed by atoms with E-state index >= 15 is 0 Å². The third kappa shape index (κ3) is 6.20. The van der Waals surface area contributed by atoms with Crippen molar-refractivity contribution in [2.45, 2.75) is 18.9 Å². The molecule has 48 heavy (non-hydrogen) atoms. The minimum absolute atomic E-state index is 0.0128. The fraction of sp³-hybridized carbons (Fsp3) is 0.306. The number of piperidine rings is 1. The van der Waals surface area contributed by atoms with Gasteiger partial charge in [0.25, 0.3) is 17.4 Å². The molecule has 4 aromatic rings. The van der Waals surface area contributed by atoms with Crippen LogP contribution in [-0.4, -0.2) is 65.0 Å². The first-order valence-electron chi connectivity index (χ1n) is 15.5. The molecule has 6 rings (SSSR count). The third-order valence-electron chi connectivity index (χ3n) is 8.90. The summed E-state index contributed by atoms with van der Waals surface area (Å²) >= 11 is 0. The van der Waals surface area contributed by atoms with E-state index in [4.69, 9.17) is 23.7 Å². The number of pyridine rings is 1. The van der Waals surface area contributed by atoms with Gasteiger partial charge in [-0.3, -0.25) is 14.4 Å². The van der Waals surface area contributed by atoms with Gasteiger partial charge in [0.05, 0.1) is 46.9 Å². The van der Waals surface area contributed by atoms with Crippen LogP contribution in [0.1, 0.15) is 38.7 Å². The number of nitrogens with zero attached hydrogens (tertiary/aromatic N) is 2. The smallest absolute Gasteiger partial charge is 0.255 e. The number of amides is 2. The highest BCUT2D eigenvalue weighted by Gasteiger charge is 2.35. The minimum atomic E-state index is -0.429. The molecule has 250 valence electrons. The number of carbonyl (C=O) groups is 2. The van der Waals surface area contributed by atoms with Gasteiger partial charge in [0.2, 0.25) is 5.75 Å². The van der Waals surface area contributed by atoms with Crippen molar-refractivity contribution in [1.29, 1.82) is 0 Å². The molecule has 2 N–H and O–H groups in total. The Labute approximate surface area is 278 Å². The Balaban J connectivity index is 1.35. The van der Waals surface area contributed by atoms with E-state index in [0.717, 1.165) is 17.8 Å². The predicted molar refractivity (Wildman–Crippen MR) is 182 cm³/mol. The number of nitrogens with one attached hydrogen (secondary N) is 2. The van der Waals surface area contributed by atoms with Gasteiger partial charge in [0.15, 0.2) is 23.0 Å². The lowest BCUT2D eigenvalue weighted by Crippen LogP contribution is -2.47. The zero-order chi connectivity index (χ0) is 33.9. The summed E-state index contributed by atoms with van der Waals surface area (Å²) in [4.78, 5) is 42.2. The predicted octanol–water partition coefficient (Wildman–Crippen LogP) is 5.02. The number of carbonyl (C=O) groups excluding carboxylic acids is 2. The Kier molecular flexibility index (Phi) is 9.15. The topological polar surface area (TPSA) is 130 Å². The van der Waals surface area contributed by atoms with Crippen molar-refractivity contribution in [1.82, 2.24) is 4.57 Å². The number of aromatic nitrogens is 1. The maximum atomic E-state index is 13.8. The molecule has 2 bridgehead atoms. The molecule has 0 spiro atoms. The average molecular weight is 655 g/mol. The summed E-state index contributed by atoms with van der Waals surface area (Å²) in [5, 5.41) is 5.95. The van der Waals surface area contributed by atoms with E-state index < -0.39 is 5.91 Å². The quantitative estimate of drug-likeness (QED) is 0.242. The van der Waals surface area contributed by atoms with Crippen LogP contribution in [0.2, 0.25) is 0 Å². The van der Waals surface area contributed by atoms with Crippen LogP contribution in [0.3, 0.4) is 0 Å². The minimum Gasteiger partial charge on any atom is -0.493 e. The van der Waals surface area contributed by atoms with E-state index in [-0.39, 0.29) is 28.9 Å². The Hall–Kier alpha value is -5.65. The summed E-state index contributed by atoms with van der Waals surface area (Å²) in [6.45, 7) is 1.95. The van der Waals surface area contributed by atoms with Crippen LogP contribution in [0, 0.1) is 5.92 Å². The van der Waals surface area contributed by atoms with Gasteiger partial charge in [-0.25, -0.2) is 0 Å². The molecular weight excluding hydrogens is 616 g/mol. The molecule has 1 saturated heterocycles. The molecular formula is C36H38N4O8. The van der Waals surface area contributed by atoms with Crippen molar-refractivity contribution in [2.24, 2.45) is 5.92 Å². The van der Waals surface area contributed by atoms with E-state index in [1.54, 1.807) is 55.6 Å². The number of methoxy groups -OCH3 is 5. The highest BCUT2D eigenvalue weighted by atomic mass is 16.5. The van der Waals surface area contributed by atoms with Gasteiger partial charge in [-0.15, -0.1) is 0 Å². The standard InChI is InChI=1S/C36H38N4O8/c1-44-29-12-10-25(17-30(29)45-2)37-35(42)22-9-11-28(39-18-21-13-24(20-39)27-7-6-8-33(41)40(27)19-21)26(14-22)38-36(43)23-15-31(46-3)34(48-5)32(16-23)47-4/h6-12,14-17,21,24H,13,18-20H2,1-5H3,(H,37,42)(H,38,43)/t21-,24-/m0/s1. The molecule has 12 nitrogen and oxygen atoms in total. The summed E-state index contributed by atoms with van der Waals surface area (Å²) in [6, 6.07) is 18.9. The van der Waals surface area contributed by atoms with Gasteiger partial charge < -0.3 is 43.8 Å². The highest BCUT2D eigenvalue weighted by Crippen LogP contribution is 2.41. The number of benzene rings is 3. The fourth-order valence-corrected chi connectivity index (χ4v) is 6.67. The lowest BCUT2D eigenvalue weighted by molar-refractivity contribution is 0.101. The second-order valence-corrected chi connectivity index (χ2v) is 11.7. The Bertz CT molecular complexity index is 1900. The molecule has 0 unspecified atom stereocenters. The molecule has 3 aromatic carbocycles. The summed E-state index contributed by atoms with van der Waals surface area (Å²) < 4.78 is 28.9. The normalized spacial score (nSPS) is 16.3. The molecule has 0 radical (unpaired) electrons. The maximum absolute atomic E-state index is 13.8. The van der Waals surface area contributed by atoms with Crippen LogP contribution in [-0.2, 0) is 6.54 Å². The van der Waals surface area contributed by atoms with Gasteiger partial charge in [-0.2, -0.15) is 0 Å². The van der Waals surface area contributed by atoms with E-state index in [0.29, 0.717) is 65.3 Å². The first-order valence-corrected chi connectivity index (χ1v) is 15.5. The van der Waals surface area contributed by atoms with Crippen LogP contribution in [0.25, 0.3) is 0 Å². The highest BCUT2D eigenvalue weighted by molar-refractivity contribution is 6.09. The first kappa shape index (κ1) is 32.3. The number of anilines is 3. The molecule has 2 amide bonds. The van der Waals surface area contributed by atoms with Crippen molar-refractivity contribution < 1.29 is 33.3 Å². The number of fused-ring (bicyclic) bond motifs is 4. The van der Waals surface area contributed by atoms with E-state index in [2.05, 4.69) is 15.5 Å². The molecule has 1 fully saturated rings. The van der Waals surface area contributed by atoms with Crippen LogP contribution >= 0.6 is 0 Å². The maximum Gasteiger partial charge on any atom is 0.255 e. The average Bonchev–Trinajstić information content (AvgIpc) is 3.11. The zero-order valence-electron chi connectivity index (χ0n) is 27.5. The van der Waals surface area contributed by atoms with Gasteiger partial charge >= 0.3 is 0 Å². The van der Waals surface area contributed by atoms with Crippen LogP contribution in [0.5, 0.6) is 28.7 Å². The third-order valence-corrected chi connectivity index (χ3v) is 8.90. The molecule has 0 aliphatic carbocycles. The van der Waals surface area contributed by atoms with Crippen LogP contribution in [0.4, 0.5) is 17.1 Å². The second kappa shape index (κ2) is 13.6. The van der Waals surface area contributed by atoms with Crippen molar-refractivity contribution in [2.75, 3.05) is 64.2 Å². The Morgan fingerprint density at radius 3 is 2.08 bits per heavy atom. The summed E-state index contributed by atoms with van der Waals surface area (Å²) in [5.41, 5.74) is 3.37. The molecule has 3 heterocycles. The molecule has 2 atom stereocenters. The van der Waals surface area contributed by atoms with Crippen molar-refractivity contribution in [3.63, 3.8) is 0 Å². The number of rotatable bonds is 10. The first-order chi connectivity index (χ1) is 23.3.